The summed E-state index contributed by atoms with van der Waals surface area (Å²) in [5, 5.41) is 18.8. The van der Waals surface area contributed by atoms with Crippen molar-refractivity contribution >= 4 is 37.3 Å². The van der Waals surface area contributed by atoms with Gasteiger partial charge in [0.2, 0.25) is 0 Å². The van der Waals surface area contributed by atoms with Crippen LogP contribution >= 0.6 is 11.3 Å². The number of nitrogens with one attached hydrogen (secondary N) is 2. The van der Waals surface area contributed by atoms with Crippen LogP contribution in [0.25, 0.3) is 0 Å². The molecule has 0 aliphatic carbocycles. The van der Waals surface area contributed by atoms with Crippen molar-refractivity contribution in [2.75, 3.05) is 19.8 Å². The lowest BCUT2D eigenvalue weighted by Gasteiger charge is -2.27. The van der Waals surface area contributed by atoms with Crippen molar-refractivity contribution in [3.05, 3.63) is 11.6 Å². The Morgan fingerprint density at radius 1 is 1.33 bits per heavy atom. The highest BCUT2D eigenvalue weighted by molar-refractivity contribution is 7.95. The molecule has 15 heteroatoms. The highest BCUT2D eigenvalue weighted by atomic mass is 32.3. The minimum atomic E-state index is -4.31. The van der Waals surface area contributed by atoms with Gasteiger partial charge in [-0.15, -0.1) is 11.3 Å². The standard InChI is InChI=1S/C15H25N3O9S3/c1-3-16-12-8-10(2)29(22,23)14-11(12)9-13(28-14)30(24,25)17-15(19)26-6-4-5-7-27-18(20)21/h9-10,12,16,20-21H,3-8H2,1-2H3,(H,17,19)/t10?,12-/m0/s1. The summed E-state index contributed by atoms with van der Waals surface area (Å²) in [7, 11) is -7.96. The molecule has 0 saturated carbocycles. The molecule has 0 aromatic carbocycles. The number of fused-ring (bicyclic) bond motifs is 1. The average Bonchev–Trinajstić information content (AvgIpc) is 3.10. The Balaban J connectivity index is 2.05. The molecule has 0 bridgehead atoms. The van der Waals surface area contributed by atoms with Gasteiger partial charge < -0.3 is 10.1 Å². The van der Waals surface area contributed by atoms with Crippen molar-refractivity contribution < 1.29 is 41.6 Å². The Bertz CT molecular complexity index is 944. The van der Waals surface area contributed by atoms with E-state index in [0.29, 0.717) is 36.3 Å². The van der Waals surface area contributed by atoms with E-state index >= 15 is 0 Å². The lowest BCUT2D eigenvalue weighted by Crippen LogP contribution is -2.33. The zero-order valence-electron chi connectivity index (χ0n) is 16.4. The molecule has 1 aliphatic rings. The van der Waals surface area contributed by atoms with Gasteiger partial charge in [-0.3, -0.25) is 15.3 Å². The molecule has 0 fully saturated rings. The first-order chi connectivity index (χ1) is 14.0. The Hall–Kier alpha value is -1.33. The highest BCUT2D eigenvalue weighted by Crippen LogP contribution is 2.42. The predicted molar refractivity (Wildman–Crippen MR) is 104 cm³/mol. The summed E-state index contributed by atoms with van der Waals surface area (Å²) in [5.41, 5.74) is 0.385. The number of sulfonamides is 1. The smallest absolute Gasteiger partial charge is 0.421 e. The molecule has 2 atom stereocenters. The fourth-order valence-corrected chi connectivity index (χ4v) is 7.76. The second kappa shape index (κ2) is 10.3. The monoisotopic (exact) mass is 487 g/mol. The van der Waals surface area contributed by atoms with Crippen molar-refractivity contribution in [1.29, 1.82) is 0 Å². The number of ether oxygens (including phenoxy) is 1. The first-order valence-electron chi connectivity index (χ1n) is 9.10. The molecule has 12 nitrogen and oxygen atoms in total. The van der Waals surface area contributed by atoms with Crippen molar-refractivity contribution in [3.63, 3.8) is 0 Å². The topological polar surface area (TPSA) is 172 Å². The summed E-state index contributed by atoms with van der Waals surface area (Å²) in [6.07, 6.45) is -0.275. The molecule has 2 heterocycles. The fourth-order valence-electron chi connectivity index (χ4n) is 2.88. The van der Waals surface area contributed by atoms with E-state index in [4.69, 9.17) is 15.2 Å². The molecule has 4 N–H and O–H groups in total. The van der Waals surface area contributed by atoms with Gasteiger partial charge in [-0.05, 0) is 38.8 Å². The maximum Gasteiger partial charge on any atom is 0.421 e. The maximum absolute atomic E-state index is 12.6. The third kappa shape index (κ3) is 6.10. The lowest BCUT2D eigenvalue weighted by molar-refractivity contribution is -0.492. The minimum absolute atomic E-state index is 0.0113. The van der Waals surface area contributed by atoms with E-state index < -0.39 is 36.6 Å². The minimum Gasteiger partial charge on any atom is -0.449 e. The Kier molecular flexibility index (Phi) is 8.58. The molecule has 1 aliphatic heterocycles. The normalized spacial score (nSPS) is 20.7. The number of thiophene rings is 1. The number of carbonyl (C=O) groups is 1. The summed E-state index contributed by atoms with van der Waals surface area (Å²) in [6, 6.07) is 0.978. The Morgan fingerprint density at radius 3 is 2.63 bits per heavy atom. The van der Waals surface area contributed by atoms with Crippen LogP contribution in [-0.2, 0) is 29.4 Å². The van der Waals surface area contributed by atoms with Gasteiger partial charge in [0.25, 0.3) is 10.0 Å². The summed E-state index contributed by atoms with van der Waals surface area (Å²) < 4.78 is 56.5. The van der Waals surface area contributed by atoms with E-state index in [-0.39, 0.29) is 34.1 Å². The lowest BCUT2D eigenvalue weighted by atomic mass is 10.1. The molecule has 1 aromatic heterocycles. The zero-order valence-corrected chi connectivity index (χ0v) is 18.8. The van der Waals surface area contributed by atoms with Gasteiger partial charge in [0.1, 0.15) is 8.42 Å². The van der Waals surface area contributed by atoms with E-state index in [2.05, 4.69) is 10.2 Å². The molecule has 0 spiro atoms. The molecular weight excluding hydrogens is 462 g/mol. The first kappa shape index (κ1) is 24.9. The number of nitrogens with zero attached hydrogens (tertiary/aromatic N) is 1. The van der Waals surface area contributed by atoms with E-state index in [1.54, 1.807) is 11.6 Å². The van der Waals surface area contributed by atoms with Crippen LogP contribution in [0.3, 0.4) is 0 Å². The van der Waals surface area contributed by atoms with Crippen molar-refractivity contribution in [2.24, 2.45) is 0 Å². The van der Waals surface area contributed by atoms with E-state index in [1.165, 1.54) is 6.07 Å². The van der Waals surface area contributed by atoms with Gasteiger partial charge in [0.05, 0.1) is 23.9 Å². The number of unbranched alkanes of at least 4 members (excludes halogenated alkanes) is 1. The third-order valence-corrected chi connectivity index (χ3v) is 10.0. The van der Waals surface area contributed by atoms with Crippen LogP contribution in [0.2, 0.25) is 0 Å². The van der Waals surface area contributed by atoms with Gasteiger partial charge in [0.15, 0.2) is 9.84 Å². The fraction of sp³-hybridized carbons (Fsp3) is 0.667. The second-order valence-electron chi connectivity index (χ2n) is 6.54. The Morgan fingerprint density at radius 2 is 2.00 bits per heavy atom. The van der Waals surface area contributed by atoms with Gasteiger partial charge in [0, 0.05) is 11.6 Å². The van der Waals surface area contributed by atoms with Crippen LogP contribution in [0.5, 0.6) is 0 Å². The largest absolute Gasteiger partial charge is 0.449 e. The van der Waals surface area contributed by atoms with E-state index in [0.717, 1.165) is 0 Å². The molecule has 172 valence electrons. The second-order valence-corrected chi connectivity index (χ2v) is 12.1. The van der Waals surface area contributed by atoms with Crippen LogP contribution in [0.15, 0.2) is 14.5 Å². The van der Waals surface area contributed by atoms with Crippen LogP contribution in [0.4, 0.5) is 4.79 Å². The molecule has 2 rings (SSSR count). The Labute approximate surface area is 178 Å². The highest BCUT2D eigenvalue weighted by Gasteiger charge is 2.39. The SMILES string of the molecule is CCN[C@H]1CC(C)S(=O)(=O)c2sc(S(=O)(=O)NC(=O)OCCCCON(O)O)cc21. The van der Waals surface area contributed by atoms with Crippen molar-refractivity contribution in [1.82, 2.24) is 15.4 Å². The molecule has 1 unspecified atom stereocenters. The summed E-state index contributed by atoms with van der Waals surface area (Å²) in [4.78, 5) is 16.1. The van der Waals surface area contributed by atoms with Crippen LogP contribution in [-0.4, -0.2) is 63.7 Å². The number of amides is 1. The van der Waals surface area contributed by atoms with Crippen molar-refractivity contribution in [3.8, 4) is 0 Å². The third-order valence-electron chi connectivity index (χ3n) is 4.35. The van der Waals surface area contributed by atoms with Gasteiger partial charge in [-0.1, -0.05) is 6.92 Å². The summed E-state index contributed by atoms with van der Waals surface area (Å²) >= 11 is 0.607. The average molecular weight is 488 g/mol. The van der Waals surface area contributed by atoms with E-state index in [1.807, 2.05) is 6.92 Å². The molecule has 0 saturated heterocycles. The van der Waals surface area contributed by atoms with E-state index in [9.17, 15) is 21.6 Å². The van der Waals surface area contributed by atoms with Gasteiger partial charge >= 0.3 is 6.09 Å². The number of rotatable bonds is 10. The molecule has 30 heavy (non-hydrogen) atoms. The molecule has 1 amide bonds. The number of sulfone groups is 1. The first-order valence-corrected chi connectivity index (χ1v) is 12.9. The summed E-state index contributed by atoms with van der Waals surface area (Å²) in [5.74, 6) is 0. The van der Waals surface area contributed by atoms with Crippen molar-refractivity contribution in [2.45, 2.75) is 52.8 Å². The zero-order chi connectivity index (χ0) is 22.5. The maximum atomic E-state index is 12.6. The molecular formula is C15H25N3O9S3. The number of hydrogen-bond acceptors (Lipinski definition) is 12. The van der Waals surface area contributed by atoms with Crippen LogP contribution in [0, 0.1) is 0 Å². The number of hydrogen-bond donors (Lipinski definition) is 4. The summed E-state index contributed by atoms with van der Waals surface area (Å²) in [6.45, 7) is 3.85. The van der Waals surface area contributed by atoms with Gasteiger partial charge in [-0.25, -0.2) is 26.4 Å². The quantitative estimate of drug-likeness (QED) is 0.276. The van der Waals surface area contributed by atoms with Crippen LogP contribution in [0.1, 0.15) is 44.7 Å². The predicted octanol–water partition coefficient (Wildman–Crippen LogP) is 1.17. The van der Waals surface area contributed by atoms with Gasteiger partial charge in [-0.2, -0.15) is 0 Å². The number of carbonyl (C=O) groups excluding carboxylic acids is 1. The molecule has 1 aromatic rings. The van der Waals surface area contributed by atoms with Crippen LogP contribution < -0.4 is 10.0 Å². The molecule has 0 radical (unpaired) electrons.